The molecule has 118 valence electrons. The summed E-state index contributed by atoms with van der Waals surface area (Å²) in [5.74, 6) is 1.64. The summed E-state index contributed by atoms with van der Waals surface area (Å²) in [6, 6.07) is 0. The minimum atomic E-state index is 0.224. The van der Waals surface area contributed by atoms with E-state index in [4.69, 9.17) is 5.11 Å². The van der Waals surface area contributed by atoms with Crippen molar-refractivity contribution in [3.8, 4) is 0 Å². The molecular weight excluding hydrogens is 334 g/mol. The lowest BCUT2D eigenvalue weighted by molar-refractivity contribution is 0.204. The standard InChI is InChI=1S/C14H24BrN5O/c1-2-4-16-14-17-11-12(15)13(18-14)20-6-3-5-19(7-8-20)9-10-21/h11,21H,2-10H2,1H3,(H,16,17,18). The van der Waals surface area contributed by atoms with Crippen LogP contribution in [0.1, 0.15) is 19.8 Å². The number of halogens is 1. The number of aliphatic hydroxyl groups excluding tert-OH is 1. The number of anilines is 2. The quantitative estimate of drug-likeness (QED) is 0.805. The maximum absolute atomic E-state index is 9.06. The predicted octanol–water partition coefficient (Wildman–Crippen LogP) is 1.57. The van der Waals surface area contributed by atoms with E-state index in [1.807, 2.05) is 6.20 Å². The molecular formula is C14H24BrN5O. The molecule has 2 heterocycles. The number of nitrogens with zero attached hydrogens (tertiary/aromatic N) is 4. The molecule has 1 fully saturated rings. The van der Waals surface area contributed by atoms with Crippen molar-refractivity contribution in [1.82, 2.24) is 14.9 Å². The van der Waals surface area contributed by atoms with Crippen molar-refractivity contribution in [2.24, 2.45) is 0 Å². The van der Waals surface area contributed by atoms with Crippen LogP contribution in [0.4, 0.5) is 11.8 Å². The van der Waals surface area contributed by atoms with Crippen LogP contribution in [-0.4, -0.2) is 65.8 Å². The van der Waals surface area contributed by atoms with Gasteiger partial charge in [-0.1, -0.05) is 6.92 Å². The fourth-order valence-corrected chi connectivity index (χ4v) is 2.89. The molecule has 1 aromatic rings. The Hall–Kier alpha value is -0.920. The Kier molecular flexibility index (Phi) is 6.66. The largest absolute Gasteiger partial charge is 0.395 e. The van der Waals surface area contributed by atoms with Crippen LogP contribution in [-0.2, 0) is 0 Å². The summed E-state index contributed by atoms with van der Waals surface area (Å²) in [6.45, 7) is 7.86. The number of rotatable bonds is 6. The summed E-state index contributed by atoms with van der Waals surface area (Å²) in [4.78, 5) is 13.5. The van der Waals surface area contributed by atoms with Crippen molar-refractivity contribution in [1.29, 1.82) is 0 Å². The fraction of sp³-hybridized carbons (Fsp3) is 0.714. The highest BCUT2D eigenvalue weighted by atomic mass is 79.9. The van der Waals surface area contributed by atoms with Gasteiger partial charge in [-0.15, -0.1) is 0 Å². The molecule has 1 saturated heterocycles. The highest BCUT2D eigenvalue weighted by Gasteiger charge is 2.18. The predicted molar refractivity (Wildman–Crippen MR) is 88.9 cm³/mol. The van der Waals surface area contributed by atoms with Gasteiger partial charge < -0.3 is 15.3 Å². The summed E-state index contributed by atoms with van der Waals surface area (Å²) < 4.78 is 0.931. The summed E-state index contributed by atoms with van der Waals surface area (Å²) in [5, 5.41) is 12.3. The number of hydrogen-bond donors (Lipinski definition) is 2. The molecule has 0 aromatic carbocycles. The fourth-order valence-electron chi connectivity index (χ4n) is 2.45. The van der Waals surface area contributed by atoms with Gasteiger partial charge in [0.05, 0.1) is 11.1 Å². The molecule has 0 bridgehead atoms. The van der Waals surface area contributed by atoms with Crippen LogP contribution in [0.25, 0.3) is 0 Å². The zero-order valence-electron chi connectivity index (χ0n) is 12.6. The smallest absolute Gasteiger partial charge is 0.224 e. The van der Waals surface area contributed by atoms with E-state index in [0.29, 0.717) is 5.95 Å². The summed E-state index contributed by atoms with van der Waals surface area (Å²) in [6.07, 6.45) is 3.94. The molecule has 1 aliphatic heterocycles. The zero-order chi connectivity index (χ0) is 15.1. The Morgan fingerprint density at radius 1 is 1.33 bits per heavy atom. The van der Waals surface area contributed by atoms with Crippen molar-refractivity contribution in [2.45, 2.75) is 19.8 Å². The van der Waals surface area contributed by atoms with Gasteiger partial charge in [-0.25, -0.2) is 4.98 Å². The van der Waals surface area contributed by atoms with Crippen LogP contribution in [0, 0.1) is 0 Å². The average Bonchev–Trinajstić information content (AvgIpc) is 2.72. The Bertz CT molecular complexity index is 445. The normalized spacial score (nSPS) is 16.8. The molecule has 1 aliphatic rings. The highest BCUT2D eigenvalue weighted by Crippen LogP contribution is 2.25. The van der Waals surface area contributed by atoms with E-state index in [2.05, 4.69) is 47.9 Å². The molecule has 21 heavy (non-hydrogen) atoms. The second-order valence-corrected chi connectivity index (χ2v) is 6.05. The minimum absolute atomic E-state index is 0.224. The lowest BCUT2D eigenvalue weighted by Crippen LogP contribution is -2.33. The molecule has 0 amide bonds. The molecule has 6 nitrogen and oxygen atoms in total. The van der Waals surface area contributed by atoms with Gasteiger partial charge >= 0.3 is 0 Å². The number of hydrogen-bond acceptors (Lipinski definition) is 6. The van der Waals surface area contributed by atoms with Crippen LogP contribution in [0.3, 0.4) is 0 Å². The molecule has 1 aromatic heterocycles. The van der Waals surface area contributed by atoms with Gasteiger partial charge in [0.2, 0.25) is 5.95 Å². The van der Waals surface area contributed by atoms with Gasteiger partial charge in [-0.05, 0) is 35.3 Å². The molecule has 0 atom stereocenters. The van der Waals surface area contributed by atoms with E-state index in [9.17, 15) is 0 Å². The van der Waals surface area contributed by atoms with Gasteiger partial charge in [-0.2, -0.15) is 4.98 Å². The first-order chi connectivity index (χ1) is 10.2. The molecule has 0 saturated carbocycles. The van der Waals surface area contributed by atoms with E-state index in [1.54, 1.807) is 0 Å². The number of β-amino-alcohol motifs (C(OH)–C–C–N with tert-alkyl or cyclic N) is 1. The second-order valence-electron chi connectivity index (χ2n) is 5.20. The molecule has 0 unspecified atom stereocenters. The number of aliphatic hydroxyl groups is 1. The minimum Gasteiger partial charge on any atom is -0.395 e. The highest BCUT2D eigenvalue weighted by molar-refractivity contribution is 9.10. The Balaban J connectivity index is 2.05. The first kappa shape index (κ1) is 16.5. The van der Waals surface area contributed by atoms with E-state index < -0.39 is 0 Å². The monoisotopic (exact) mass is 357 g/mol. The van der Waals surface area contributed by atoms with Gasteiger partial charge in [0.1, 0.15) is 5.82 Å². The molecule has 0 aliphatic carbocycles. The summed E-state index contributed by atoms with van der Waals surface area (Å²) >= 11 is 3.56. The zero-order valence-corrected chi connectivity index (χ0v) is 14.1. The van der Waals surface area contributed by atoms with Gasteiger partial charge in [-0.3, -0.25) is 4.90 Å². The number of aromatic nitrogens is 2. The van der Waals surface area contributed by atoms with Crippen LogP contribution < -0.4 is 10.2 Å². The van der Waals surface area contributed by atoms with Crippen molar-refractivity contribution in [3.05, 3.63) is 10.7 Å². The average molecular weight is 358 g/mol. The van der Waals surface area contributed by atoms with Gasteiger partial charge in [0.15, 0.2) is 0 Å². The topological polar surface area (TPSA) is 64.5 Å². The van der Waals surface area contributed by atoms with Crippen LogP contribution in [0.15, 0.2) is 10.7 Å². The third-order valence-corrected chi connectivity index (χ3v) is 4.12. The van der Waals surface area contributed by atoms with E-state index >= 15 is 0 Å². The van der Waals surface area contributed by atoms with Crippen molar-refractivity contribution < 1.29 is 5.11 Å². The molecule has 0 spiro atoms. The van der Waals surface area contributed by atoms with E-state index in [1.165, 1.54) is 0 Å². The number of nitrogens with one attached hydrogen (secondary N) is 1. The summed E-state index contributed by atoms with van der Waals surface area (Å²) in [5.41, 5.74) is 0. The maximum Gasteiger partial charge on any atom is 0.224 e. The molecule has 0 radical (unpaired) electrons. The molecule has 2 N–H and O–H groups in total. The SMILES string of the molecule is CCCNc1ncc(Br)c(N2CCCN(CCO)CC2)n1. The second kappa shape index (κ2) is 8.51. The Labute approximate surface area is 134 Å². The van der Waals surface area contributed by atoms with Crippen LogP contribution in [0.5, 0.6) is 0 Å². The lowest BCUT2D eigenvalue weighted by atomic mass is 10.3. The maximum atomic E-state index is 9.06. The van der Waals surface area contributed by atoms with Crippen molar-refractivity contribution >= 4 is 27.7 Å². The third-order valence-electron chi connectivity index (χ3n) is 3.56. The Morgan fingerprint density at radius 3 is 2.95 bits per heavy atom. The van der Waals surface area contributed by atoms with Crippen molar-refractivity contribution in [3.63, 3.8) is 0 Å². The van der Waals surface area contributed by atoms with Crippen molar-refractivity contribution in [2.75, 3.05) is 56.1 Å². The summed E-state index contributed by atoms with van der Waals surface area (Å²) in [7, 11) is 0. The Morgan fingerprint density at radius 2 is 2.19 bits per heavy atom. The van der Waals surface area contributed by atoms with Gasteiger partial charge in [0, 0.05) is 38.9 Å². The first-order valence-corrected chi connectivity index (χ1v) is 8.38. The van der Waals surface area contributed by atoms with E-state index in [-0.39, 0.29) is 6.61 Å². The lowest BCUT2D eigenvalue weighted by Gasteiger charge is -2.23. The van der Waals surface area contributed by atoms with E-state index in [0.717, 1.165) is 62.4 Å². The molecule has 7 heteroatoms. The van der Waals surface area contributed by atoms with Crippen LogP contribution >= 0.6 is 15.9 Å². The molecule has 2 rings (SSSR count). The van der Waals surface area contributed by atoms with Crippen LogP contribution in [0.2, 0.25) is 0 Å². The van der Waals surface area contributed by atoms with Gasteiger partial charge in [0.25, 0.3) is 0 Å². The first-order valence-electron chi connectivity index (χ1n) is 7.59. The third kappa shape index (κ3) is 4.79.